The predicted octanol–water partition coefficient (Wildman–Crippen LogP) is 2.83. The number of nitrogens with zero attached hydrogens (tertiary/aromatic N) is 5. The number of anilines is 5. The smallest absolute Gasteiger partial charge is 0.229 e. The fourth-order valence-electron chi connectivity index (χ4n) is 3.01. The van der Waals surface area contributed by atoms with Crippen molar-refractivity contribution in [2.45, 2.75) is 0 Å². The average molecular weight is 413 g/mol. The van der Waals surface area contributed by atoms with Crippen LogP contribution in [-0.4, -0.2) is 53.2 Å². The molecule has 9 nitrogen and oxygen atoms in total. The summed E-state index contributed by atoms with van der Waals surface area (Å²) in [5.41, 5.74) is 1.88. The second-order valence-electron chi connectivity index (χ2n) is 6.33. The van der Waals surface area contributed by atoms with Gasteiger partial charge >= 0.3 is 0 Å². The fraction of sp³-hybridized carbons (Fsp3) is 0.263. The molecule has 1 aliphatic rings. The van der Waals surface area contributed by atoms with Crippen LogP contribution in [-0.2, 0) is 0 Å². The first kappa shape index (κ1) is 19.2. The second kappa shape index (κ2) is 8.89. The highest BCUT2D eigenvalue weighted by molar-refractivity contribution is 6.32. The van der Waals surface area contributed by atoms with Crippen LogP contribution < -0.4 is 25.6 Å². The number of aromatic nitrogens is 4. The van der Waals surface area contributed by atoms with E-state index in [4.69, 9.17) is 16.3 Å². The highest BCUT2D eigenvalue weighted by Crippen LogP contribution is 2.32. The lowest BCUT2D eigenvalue weighted by atomic mass is 10.2. The third-order valence-electron chi connectivity index (χ3n) is 4.45. The number of halogens is 1. The van der Waals surface area contributed by atoms with Crippen LogP contribution in [0.2, 0.25) is 5.02 Å². The molecule has 1 fully saturated rings. The van der Waals surface area contributed by atoms with Gasteiger partial charge in [0.1, 0.15) is 10.8 Å². The van der Waals surface area contributed by atoms with Gasteiger partial charge in [0.2, 0.25) is 11.9 Å². The summed E-state index contributed by atoms with van der Waals surface area (Å²) in [5.74, 6) is 1.89. The van der Waals surface area contributed by atoms with Gasteiger partial charge in [-0.1, -0.05) is 11.6 Å². The molecule has 0 spiro atoms. The Hall–Kier alpha value is -3.17. The van der Waals surface area contributed by atoms with Gasteiger partial charge < -0.3 is 25.6 Å². The van der Waals surface area contributed by atoms with Crippen LogP contribution >= 0.6 is 11.6 Å². The molecule has 3 N–H and O–H groups in total. The van der Waals surface area contributed by atoms with E-state index in [0.29, 0.717) is 28.5 Å². The maximum atomic E-state index is 6.21. The van der Waals surface area contributed by atoms with E-state index in [1.54, 1.807) is 25.6 Å². The number of piperazine rings is 1. The Morgan fingerprint density at radius 3 is 2.62 bits per heavy atom. The van der Waals surface area contributed by atoms with Gasteiger partial charge in [-0.15, -0.1) is 0 Å². The van der Waals surface area contributed by atoms with E-state index in [1.807, 2.05) is 12.1 Å². The number of methoxy groups -OCH3 is 1. The minimum Gasteiger partial charge on any atom is -0.494 e. The van der Waals surface area contributed by atoms with Gasteiger partial charge in [0.05, 0.1) is 19.0 Å². The van der Waals surface area contributed by atoms with Gasteiger partial charge in [-0.05, 0) is 18.2 Å². The maximum absolute atomic E-state index is 6.21. The SMILES string of the molecule is COc1cc(N2CCNCC2)ccc1Nc1ncc(Cl)c(Nc2ncccn2)n1. The van der Waals surface area contributed by atoms with E-state index < -0.39 is 0 Å². The van der Waals surface area contributed by atoms with Crippen molar-refractivity contribution in [1.82, 2.24) is 25.3 Å². The Labute approximate surface area is 173 Å². The van der Waals surface area contributed by atoms with E-state index in [-0.39, 0.29) is 0 Å². The summed E-state index contributed by atoms with van der Waals surface area (Å²) >= 11 is 6.21. The zero-order valence-corrected chi connectivity index (χ0v) is 16.6. The monoisotopic (exact) mass is 412 g/mol. The van der Waals surface area contributed by atoms with Crippen molar-refractivity contribution in [3.63, 3.8) is 0 Å². The summed E-state index contributed by atoms with van der Waals surface area (Å²) < 4.78 is 5.58. The first-order valence-corrected chi connectivity index (χ1v) is 9.58. The molecule has 150 valence electrons. The predicted molar refractivity (Wildman–Crippen MR) is 114 cm³/mol. The van der Waals surface area contributed by atoms with Crippen LogP contribution in [0.3, 0.4) is 0 Å². The van der Waals surface area contributed by atoms with Gasteiger partial charge in [0.15, 0.2) is 5.82 Å². The zero-order chi connectivity index (χ0) is 20.1. The molecule has 0 aliphatic carbocycles. The summed E-state index contributed by atoms with van der Waals surface area (Å²) in [7, 11) is 1.64. The molecular weight excluding hydrogens is 392 g/mol. The lowest BCUT2D eigenvalue weighted by molar-refractivity contribution is 0.416. The van der Waals surface area contributed by atoms with Crippen molar-refractivity contribution in [3.8, 4) is 5.75 Å². The van der Waals surface area contributed by atoms with Crippen LogP contribution in [0.4, 0.5) is 29.1 Å². The molecule has 3 aromatic rings. The highest BCUT2D eigenvalue weighted by atomic mass is 35.5. The van der Waals surface area contributed by atoms with Crippen LogP contribution in [0.1, 0.15) is 0 Å². The summed E-state index contributed by atoms with van der Waals surface area (Å²) in [6.07, 6.45) is 4.78. The molecule has 0 unspecified atom stereocenters. The Morgan fingerprint density at radius 1 is 1.07 bits per heavy atom. The molecule has 0 atom stereocenters. The molecule has 1 aromatic carbocycles. The molecule has 10 heteroatoms. The van der Waals surface area contributed by atoms with Gasteiger partial charge in [-0.2, -0.15) is 4.98 Å². The summed E-state index contributed by atoms with van der Waals surface area (Å²) in [4.78, 5) is 19.2. The van der Waals surface area contributed by atoms with Crippen LogP contribution in [0.15, 0.2) is 42.9 Å². The van der Waals surface area contributed by atoms with Crippen molar-refractivity contribution < 1.29 is 4.74 Å². The number of hydrogen-bond acceptors (Lipinski definition) is 9. The molecule has 29 heavy (non-hydrogen) atoms. The molecule has 2 aromatic heterocycles. The van der Waals surface area contributed by atoms with Crippen molar-refractivity contribution in [3.05, 3.63) is 47.9 Å². The average Bonchev–Trinajstić information content (AvgIpc) is 2.77. The standard InChI is InChI=1S/C19H21ClN8O/c1-29-16-11-13(28-9-7-21-8-10-28)3-4-15(16)25-19-24-12-14(20)17(27-19)26-18-22-5-2-6-23-18/h2-6,11-12,21H,7-10H2,1H3,(H2,22,23,24,25,26,27). The molecule has 0 bridgehead atoms. The Kier molecular flexibility index (Phi) is 5.87. The van der Waals surface area contributed by atoms with Crippen LogP contribution in [0.25, 0.3) is 0 Å². The summed E-state index contributed by atoms with van der Waals surface area (Å²) in [5, 5.41) is 9.90. The molecule has 0 amide bonds. The molecule has 3 heterocycles. The van der Waals surface area contributed by atoms with Crippen molar-refractivity contribution in [1.29, 1.82) is 0 Å². The minimum absolute atomic E-state index is 0.365. The van der Waals surface area contributed by atoms with E-state index in [9.17, 15) is 0 Å². The molecule has 0 saturated carbocycles. The Morgan fingerprint density at radius 2 is 1.86 bits per heavy atom. The van der Waals surface area contributed by atoms with E-state index in [2.05, 4.69) is 46.9 Å². The highest BCUT2D eigenvalue weighted by Gasteiger charge is 2.14. The molecule has 0 radical (unpaired) electrons. The number of benzene rings is 1. The third kappa shape index (κ3) is 4.64. The number of rotatable bonds is 6. The quantitative estimate of drug-likeness (QED) is 0.564. The largest absolute Gasteiger partial charge is 0.494 e. The van der Waals surface area contributed by atoms with Gasteiger partial charge in [0, 0.05) is 50.3 Å². The molecule has 1 saturated heterocycles. The van der Waals surface area contributed by atoms with E-state index >= 15 is 0 Å². The van der Waals surface area contributed by atoms with Crippen LogP contribution in [0.5, 0.6) is 5.75 Å². The Balaban J connectivity index is 1.54. The normalized spacial score (nSPS) is 13.8. The fourth-order valence-corrected chi connectivity index (χ4v) is 3.15. The second-order valence-corrected chi connectivity index (χ2v) is 6.74. The van der Waals surface area contributed by atoms with Crippen molar-refractivity contribution in [2.24, 2.45) is 0 Å². The lowest BCUT2D eigenvalue weighted by Crippen LogP contribution is -2.43. The maximum Gasteiger partial charge on any atom is 0.229 e. The van der Waals surface area contributed by atoms with Crippen molar-refractivity contribution in [2.75, 3.05) is 48.8 Å². The third-order valence-corrected chi connectivity index (χ3v) is 4.73. The van der Waals surface area contributed by atoms with Gasteiger partial charge in [0.25, 0.3) is 0 Å². The van der Waals surface area contributed by atoms with Crippen molar-refractivity contribution >= 4 is 40.7 Å². The minimum atomic E-state index is 0.365. The molecular formula is C19H21ClN8O. The van der Waals surface area contributed by atoms with E-state index in [1.165, 1.54) is 6.20 Å². The summed E-state index contributed by atoms with van der Waals surface area (Å²) in [6, 6.07) is 7.77. The molecule has 1 aliphatic heterocycles. The Bertz CT molecular complexity index is 966. The molecule has 4 rings (SSSR count). The van der Waals surface area contributed by atoms with Gasteiger partial charge in [-0.3, -0.25) is 0 Å². The summed E-state index contributed by atoms with van der Waals surface area (Å²) in [6.45, 7) is 3.88. The number of ether oxygens (including phenoxy) is 1. The van der Waals surface area contributed by atoms with Gasteiger partial charge in [-0.25, -0.2) is 15.0 Å². The lowest BCUT2D eigenvalue weighted by Gasteiger charge is -2.30. The zero-order valence-electron chi connectivity index (χ0n) is 15.9. The van der Waals surface area contributed by atoms with Crippen LogP contribution in [0, 0.1) is 0 Å². The first-order valence-electron chi connectivity index (χ1n) is 9.20. The topological polar surface area (TPSA) is 100 Å². The first-order chi connectivity index (χ1) is 14.2. The van der Waals surface area contributed by atoms with E-state index in [0.717, 1.165) is 37.6 Å². The number of hydrogen-bond donors (Lipinski definition) is 3. The number of nitrogens with one attached hydrogen (secondary N) is 3.